The van der Waals surface area contributed by atoms with Crippen LogP contribution >= 0.6 is 0 Å². The van der Waals surface area contributed by atoms with E-state index in [9.17, 15) is 31.9 Å². The van der Waals surface area contributed by atoms with Crippen molar-refractivity contribution >= 4 is 29.1 Å². The van der Waals surface area contributed by atoms with E-state index in [1.165, 1.54) is 24.3 Å². The highest BCUT2D eigenvalue weighted by Gasteiger charge is 2.71. The van der Waals surface area contributed by atoms with Crippen molar-refractivity contribution in [3.63, 3.8) is 0 Å². The van der Waals surface area contributed by atoms with Crippen molar-refractivity contribution < 1.29 is 31.9 Å². The lowest BCUT2D eigenvalue weighted by molar-refractivity contribution is -0.137. The number of carbonyl (C=O) groups excluding carboxylic acids is 3. The number of para-hydroxylation sites is 1. The van der Waals surface area contributed by atoms with Gasteiger partial charge in [-0.1, -0.05) is 66.7 Å². The largest absolute Gasteiger partial charge is 0.416 e. The molecule has 1 aliphatic carbocycles. The van der Waals surface area contributed by atoms with Crippen LogP contribution in [-0.4, -0.2) is 29.4 Å². The van der Waals surface area contributed by atoms with Crippen molar-refractivity contribution in [3.8, 4) is 0 Å². The van der Waals surface area contributed by atoms with Crippen molar-refractivity contribution in [2.45, 2.75) is 24.2 Å². The Morgan fingerprint density at radius 2 is 1.36 bits per heavy atom. The molecule has 1 spiro atoms. The van der Waals surface area contributed by atoms with E-state index in [1.807, 2.05) is 12.1 Å². The van der Waals surface area contributed by atoms with E-state index in [0.29, 0.717) is 5.69 Å². The van der Waals surface area contributed by atoms with Crippen LogP contribution in [0.5, 0.6) is 0 Å². The molecule has 42 heavy (non-hydrogen) atoms. The summed E-state index contributed by atoms with van der Waals surface area (Å²) in [5.41, 5.74) is -0.554. The molecule has 2 aliphatic heterocycles. The zero-order valence-electron chi connectivity index (χ0n) is 21.8. The van der Waals surface area contributed by atoms with Crippen LogP contribution < -0.4 is 4.90 Å². The minimum absolute atomic E-state index is 0.150. The first-order valence-electron chi connectivity index (χ1n) is 13.3. The molecule has 0 saturated carbocycles. The van der Waals surface area contributed by atoms with Gasteiger partial charge >= 0.3 is 6.18 Å². The quantitative estimate of drug-likeness (QED) is 0.150. The number of hydrogen-bond acceptors (Lipinski definition) is 4. The van der Waals surface area contributed by atoms with Gasteiger partial charge in [-0.05, 0) is 53.6 Å². The third kappa shape index (κ3) is 3.50. The molecule has 0 N–H and O–H groups in total. The van der Waals surface area contributed by atoms with Gasteiger partial charge in [0.1, 0.15) is 17.3 Å². The maximum atomic E-state index is 14.5. The number of fused-ring (bicyclic) bond motifs is 5. The molecule has 0 bridgehead atoms. The zero-order valence-corrected chi connectivity index (χ0v) is 21.8. The highest BCUT2D eigenvalue weighted by Crippen LogP contribution is 2.61. The molecule has 2 heterocycles. The second-order valence-electron chi connectivity index (χ2n) is 10.8. The van der Waals surface area contributed by atoms with Gasteiger partial charge in [0, 0.05) is 28.3 Å². The predicted octanol–water partition coefficient (Wildman–Crippen LogP) is 7.16. The van der Waals surface area contributed by atoms with Crippen molar-refractivity contribution in [3.05, 3.63) is 142 Å². The van der Waals surface area contributed by atoms with Crippen LogP contribution in [0.1, 0.15) is 53.7 Å². The van der Waals surface area contributed by atoms with Crippen molar-refractivity contribution in [1.29, 1.82) is 0 Å². The maximum Gasteiger partial charge on any atom is 0.416 e. The molecule has 1 saturated heterocycles. The van der Waals surface area contributed by atoms with Gasteiger partial charge in [0.05, 0.1) is 11.6 Å². The monoisotopic (exact) mass is 567 g/mol. The van der Waals surface area contributed by atoms with E-state index < -0.39 is 58.3 Å². The fraction of sp³-hybridized carbons (Fsp3) is 0.147. The van der Waals surface area contributed by atoms with E-state index in [4.69, 9.17) is 0 Å². The third-order valence-corrected chi connectivity index (χ3v) is 8.71. The molecule has 0 aromatic heterocycles. The Labute approximate surface area is 237 Å². The van der Waals surface area contributed by atoms with E-state index in [-0.39, 0.29) is 22.3 Å². The maximum absolute atomic E-state index is 14.5. The number of ketones is 3. The van der Waals surface area contributed by atoms with Gasteiger partial charge in [-0.2, -0.15) is 13.2 Å². The number of Topliss-reactive ketones (excluding diaryl/α,β-unsaturated/α-hetero) is 3. The van der Waals surface area contributed by atoms with Gasteiger partial charge in [0.2, 0.25) is 0 Å². The van der Waals surface area contributed by atoms with E-state index >= 15 is 0 Å². The van der Waals surface area contributed by atoms with Crippen molar-refractivity contribution in [2.75, 3.05) is 4.90 Å². The SMILES string of the molecule is O=C(c1ccc(F)cc1)[C@@H]1[C@H](c2ccc(C(F)(F)F)cc2)C2(C(=O)c3ccccc3C2=O)[C@@H]2C=Cc3ccccc3N12. The molecular weight excluding hydrogens is 546 g/mol. The Morgan fingerprint density at radius 3 is 1.98 bits per heavy atom. The molecule has 3 aliphatic rings. The standard InChI is InChI=1S/C34H21F4NO3/c35-23-16-11-21(12-17-23)30(40)29-28(20-9-14-22(15-10-20)34(36,37)38)33(31(41)24-6-2-3-7-25(24)32(33)42)27-18-13-19-5-1-4-8-26(19)39(27)29/h1-18,27-29H/t27-,28-,29-/m0/s1. The second kappa shape index (κ2) is 9.08. The number of hydrogen-bond donors (Lipinski definition) is 0. The van der Waals surface area contributed by atoms with Crippen LogP contribution in [0.25, 0.3) is 6.08 Å². The Kier molecular flexibility index (Phi) is 5.63. The highest BCUT2D eigenvalue weighted by molar-refractivity contribution is 6.32. The fourth-order valence-electron chi connectivity index (χ4n) is 6.95. The molecule has 3 atom stereocenters. The molecular formula is C34H21F4NO3. The van der Waals surface area contributed by atoms with Crippen molar-refractivity contribution in [1.82, 2.24) is 0 Å². The van der Waals surface area contributed by atoms with Gasteiger partial charge in [-0.25, -0.2) is 4.39 Å². The lowest BCUT2D eigenvalue weighted by Gasteiger charge is -2.37. The number of carbonyl (C=O) groups is 3. The molecule has 0 amide bonds. The summed E-state index contributed by atoms with van der Waals surface area (Å²) in [5.74, 6) is -3.16. The van der Waals surface area contributed by atoms with Crippen LogP contribution in [0.3, 0.4) is 0 Å². The number of halogens is 4. The van der Waals surface area contributed by atoms with Crippen molar-refractivity contribution in [2.24, 2.45) is 5.41 Å². The topological polar surface area (TPSA) is 54.5 Å². The van der Waals surface area contributed by atoms with Gasteiger partial charge < -0.3 is 4.90 Å². The summed E-state index contributed by atoms with van der Waals surface area (Å²) in [6, 6.07) is 20.8. The lowest BCUT2D eigenvalue weighted by Crippen LogP contribution is -2.48. The van der Waals surface area contributed by atoms with Gasteiger partial charge in [-0.3, -0.25) is 14.4 Å². The summed E-state index contributed by atoms with van der Waals surface area (Å²) in [6.45, 7) is 0. The van der Waals surface area contributed by atoms with Gasteiger partial charge in [-0.15, -0.1) is 0 Å². The minimum atomic E-state index is -4.61. The summed E-state index contributed by atoms with van der Waals surface area (Å²) in [6.07, 6.45) is -1.07. The second-order valence-corrected chi connectivity index (χ2v) is 10.8. The van der Waals surface area contributed by atoms with Crippen LogP contribution in [0, 0.1) is 11.2 Å². The van der Waals surface area contributed by atoms with E-state index in [2.05, 4.69) is 0 Å². The Hall–Kier alpha value is -4.85. The summed E-state index contributed by atoms with van der Waals surface area (Å²) in [4.78, 5) is 45.3. The molecule has 0 radical (unpaired) electrons. The van der Waals surface area contributed by atoms with Gasteiger partial charge in [0.25, 0.3) is 0 Å². The molecule has 1 fully saturated rings. The first-order valence-corrected chi connectivity index (χ1v) is 13.3. The van der Waals surface area contributed by atoms with Gasteiger partial charge in [0.15, 0.2) is 17.3 Å². The predicted molar refractivity (Wildman–Crippen MR) is 148 cm³/mol. The Balaban J connectivity index is 1.53. The van der Waals surface area contributed by atoms with Crippen LogP contribution in [0.2, 0.25) is 0 Å². The molecule has 4 aromatic rings. The smallest absolute Gasteiger partial charge is 0.352 e. The number of rotatable bonds is 3. The average molecular weight is 568 g/mol. The summed E-state index contributed by atoms with van der Waals surface area (Å²) in [5, 5.41) is 0. The van der Waals surface area contributed by atoms with Crippen LogP contribution in [0.4, 0.5) is 23.2 Å². The summed E-state index contributed by atoms with van der Waals surface area (Å²) < 4.78 is 54.5. The fourth-order valence-corrected chi connectivity index (χ4v) is 6.95. The molecule has 0 unspecified atom stereocenters. The molecule has 7 rings (SSSR count). The van der Waals surface area contributed by atoms with Crippen LogP contribution in [0.15, 0.2) is 103 Å². The molecule has 208 valence electrons. The Morgan fingerprint density at radius 1 is 0.762 bits per heavy atom. The zero-order chi connectivity index (χ0) is 29.4. The summed E-state index contributed by atoms with van der Waals surface area (Å²) >= 11 is 0. The lowest BCUT2D eigenvalue weighted by atomic mass is 9.64. The number of benzene rings is 4. The first kappa shape index (κ1) is 26.1. The molecule has 8 heteroatoms. The normalized spacial score (nSPS) is 21.8. The van der Waals surface area contributed by atoms with E-state index in [0.717, 1.165) is 29.8 Å². The number of alkyl halides is 3. The average Bonchev–Trinajstić information content (AvgIpc) is 3.43. The highest BCUT2D eigenvalue weighted by atomic mass is 19.4. The third-order valence-electron chi connectivity index (χ3n) is 8.71. The number of anilines is 1. The molecule has 4 aromatic carbocycles. The minimum Gasteiger partial charge on any atom is -0.352 e. The first-order chi connectivity index (χ1) is 20.1. The Bertz CT molecular complexity index is 1770. The molecule has 4 nitrogen and oxygen atoms in total. The number of nitrogens with zero attached hydrogens (tertiary/aromatic N) is 1. The van der Waals surface area contributed by atoms with Crippen LogP contribution in [-0.2, 0) is 6.18 Å². The summed E-state index contributed by atoms with van der Waals surface area (Å²) in [7, 11) is 0. The van der Waals surface area contributed by atoms with E-state index in [1.54, 1.807) is 53.5 Å².